The first-order chi connectivity index (χ1) is 11.2. The summed E-state index contributed by atoms with van der Waals surface area (Å²) in [5.74, 6) is 0. The van der Waals surface area contributed by atoms with E-state index in [2.05, 4.69) is 61.2 Å². The Labute approximate surface area is 138 Å². The summed E-state index contributed by atoms with van der Waals surface area (Å²) in [6, 6.07) is 15.8. The Morgan fingerprint density at radius 2 is 1.57 bits per heavy atom. The lowest BCUT2D eigenvalue weighted by molar-refractivity contribution is 0.220. The zero-order valence-corrected chi connectivity index (χ0v) is 14.2. The van der Waals surface area contributed by atoms with Crippen LogP contribution in [-0.2, 0) is 6.54 Å². The second-order valence-corrected chi connectivity index (χ2v) is 7.00. The molecule has 0 N–H and O–H groups in total. The highest BCUT2D eigenvalue weighted by Crippen LogP contribution is 2.32. The van der Waals surface area contributed by atoms with Crippen LogP contribution in [0.2, 0.25) is 0 Å². The number of fused-ring (bicyclic) bond motifs is 3. The van der Waals surface area contributed by atoms with Crippen LogP contribution in [0.25, 0.3) is 21.5 Å². The van der Waals surface area contributed by atoms with Crippen molar-refractivity contribution in [2.75, 3.05) is 13.1 Å². The lowest BCUT2D eigenvalue weighted by Gasteiger charge is -2.27. The molecule has 0 spiro atoms. The van der Waals surface area contributed by atoms with Crippen molar-refractivity contribution in [3.05, 3.63) is 59.2 Å². The van der Waals surface area contributed by atoms with Crippen LogP contribution in [0, 0.1) is 13.8 Å². The van der Waals surface area contributed by atoms with Crippen LogP contribution in [0.15, 0.2) is 42.5 Å². The fraction of sp³-hybridized carbons (Fsp3) is 0.364. The largest absolute Gasteiger partial charge is 0.299 e. The van der Waals surface area contributed by atoms with Crippen LogP contribution >= 0.6 is 0 Å². The molecule has 0 atom stereocenters. The monoisotopic (exact) mass is 303 g/mol. The number of benzene rings is 3. The van der Waals surface area contributed by atoms with Crippen molar-refractivity contribution in [3.8, 4) is 0 Å². The molecule has 0 saturated carbocycles. The van der Waals surface area contributed by atoms with E-state index in [0.29, 0.717) is 0 Å². The van der Waals surface area contributed by atoms with Gasteiger partial charge in [0.2, 0.25) is 0 Å². The second kappa shape index (κ2) is 5.98. The predicted octanol–water partition coefficient (Wildman–Crippen LogP) is 5.60. The molecule has 4 rings (SSSR count). The third kappa shape index (κ3) is 2.64. The molecular weight excluding hydrogens is 278 g/mol. The molecule has 0 amide bonds. The van der Waals surface area contributed by atoms with Crippen molar-refractivity contribution >= 4 is 21.5 Å². The molecule has 3 aromatic carbocycles. The fourth-order valence-electron chi connectivity index (χ4n) is 4.03. The minimum atomic E-state index is 1.10. The first kappa shape index (κ1) is 14.7. The topological polar surface area (TPSA) is 3.24 Å². The lowest BCUT2D eigenvalue weighted by Crippen LogP contribution is -2.29. The van der Waals surface area contributed by atoms with Gasteiger partial charge >= 0.3 is 0 Å². The van der Waals surface area contributed by atoms with E-state index in [1.54, 1.807) is 0 Å². The number of hydrogen-bond donors (Lipinski definition) is 0. The van der Waals surface area contributed by atoms with Gasteiger partial charge in [0.15, 0.2) is 0 Å². The van der Waals surface area contributed by atoms with Gasteiger partial charge in [-0.1, -0.05) is 42.8 Å². The summed E-state index contributed by atoms with van der Waals surface area (Å²) >= 11 is 0. The van der Waals surface area contributed by atoms with Gasteiger partial charge in [-0.2, -0.15) is 0 Å². The number of piperidine rings is 1. The average Bonchev–Trinajstić information content (AvgIpc) is 2.60. The van der Waals surface area contributed by atoms with E-state index >= 15 is 0 Å². The first-order valence-electron chi connectivity index (χ1n) is 8.87. The van der Waals surface area contributed by atoms with Crippen molar-refractivity contribution in [1.82, 2.24) is 4.90 Å². The van der Waals surface area contributed by atoms with E-state index in [1.165, 1.54) is 70.6 Å². The third-order valence-electron chi connectivity index (χ3n) is 5.58. The van der Waals surface area contributed by atoms with Gasteiger partial charge in [-0.05, 0) is 84.1 Å². The zero-order chi connectivity index (χ0) is 15.8. The van der Waals surface area contributed by atoms with Gasteiger partial charge in [0.1, 0.15) is 0 Å². The molecule has 1 aliphatic rings. The van der Waals surface area contributed by atoms with Gasteiger partial charge < -0.3 is 0 Å². The molecule has 23 heavy (non-hydrogen) atoms. The minimum Gasteiger partial charge on any atom is -0.299 e. The van der Waals surface area contributed by atoms with Crippen LogP contribution in [0.5, 0.6) is 0 Å². The Hall–Kier alpha value is -1.86. The predicted molar refractivity (Wildman–Crippen MR) is 100 cm³/mol. The average molecular weight is 303 g/mol. The smallest absolute Gasteiger partial charge is 0.0236 e. The molecule has 1 saturated heterocycles. The molecule has 1 fully saturated rings. The van der Waals surface area contributed by atoms with Gasteiger partial charge in [0, 0.05) is 6.54 Å². The molecule has 3 aromatic rings. The molecule has 118 valence electrons. The summed E-state index contributed by atoms with van der Waals surface area (Å²) in [6.45, 7) is 8.19. The third-order valence-corrected chi connectivity index (χ3v) is 5.58. The Morgan fingerprint density at radius 3 is 2.39 bits per heavy atom. The zero-order valence-electron chi connectivity index (χ0n) is 14.2. The van der Waals surface area contributed by atoms with Crippen LogP contribution in [0.4, 0.5) is 0 Å². The van der Waals surface area contributed by atoms with Gasteiger partial charge in [0.05, 0.1) is 0 Å². The molecule has 1 heteroatoms. The molecule has 0 unspecified atom stereocenters. The summed E-state index contributed by atoms with van der Waals surface area (Å²) in [5.41, 5.74) is 4.42. The fourth-order valence-corrected chi connectivity index (χ4v) is 4.03. The molecule has 0 aliphatic carbocycles. The highest BCUT2D eigenvalue weighted by atomic mass is 15.1. The Balaban J connectivity index is 1.87. The van der Waals surface area contributed by atoms with E-state index in [9.17, 15) is 0 Å². The molecule has 0 aromatic heterocycles. The van der Waals surface area contributed by atoms with E-state index in [0.717, 1.165) is 6.54 Å². The van der Waals surface area contributed by atoms with Crippen LogP contribution in [0.1, 0.15) is 36.0 Å². The number of nitrogens with zero attached hydrogens (tertiary/aromatic N) is 1. The number of hydrogen-bond acceptors (Lipinski definition) is 1. The van der Waals surface area contributed by atoms with Gasteiger partial charge in [-0.25, -0.2) is 0 Å². The van der Waals surface area contributed by atoms with Crippen molar-refractivity contribution in [2.45, 2.75) is 39.7 Å². The molecule has 1 nitrogen and oxygen atoms in total. The standard InChI is InChI=1S/C22H25N/c1-16-17(2)20-11-10-18-8-4-5-9-21(18)22(20)14-19(16)15-23-12-6-3-7-13-23/h4-5,8-11,14H,3,6-7,12-13,15H2,1-2H3. The lowest BCUT2D eigenvalue weighted by atomic mass is 9.92. The Kier molecular flexibility index (Phi) is 3.82. The summed E-state index contributed by atoms with van der Waals surface area (Å²) in [7, 11) is 0. The molecule has 1 heterocycles. The van der Waals surface area contributed by atoms with E-state index in [1.807, 2.05) is 0 Å². The van der Waals surface area contributed by atoms with Crippen molar-refractivity contribution < 1.29 is 0 Å². The maximum atomic E-state index is 2.63. The summed E-state index contributed by atoms with van der Waals surface area (Å²) in [5, 5.41) is 5.54. The Morgan fingerprint density at radius 1 is 0.783 bits per heavy atom. The summed E-state index contributed by atoms with van der Waals surface area (Å²) in [4.78, 5) is 2.63. The van der Waals surface area contributed by atoms with Crippen LogP contribution < -0.4 is 0 Å². The highest BCUT2D eigenvalue weighted by molar-refractivity contribution is 6.09. The first-order valence-corrected chi connectivity index (χ1v) is 8.87. The van der Waals surface area contributed by atoms with E-state index in [4.69, 9.17) is 0 Å². The highest BCUT2D eigenvalue weighted by Gasteiger charge is 2.14. The quantitative estimate of drug-likeness (QED) is 0.557. The number of rotatable bonds is 2. The van der Waals surface area contributed by atoms with Crippen molar-refractivity contribution in [1.29, 1.82) is 0 Å². The minimum absolute atomic E-state index is 1.10. The molecule has 0 bridgehead atoms. The molecule has 0 radical (unpaired) electrons. The van der Waals surface area contributed by atoms with Crippen LogP contribution in [0.3, 0.4) is 0 Å². The van der Waals surface area contributed by atoms with Gasteiger partial charge in [-0.3, -0.25) is 4.90 Å². The number of aryl methyl sites for hydroxylation is 1. The van der Waals surface area contributed by atoms with Gasteiger partial charge in [-0.15, -0.1) is 0 Å². The van der Waals surface area contributed by atoms with Gasteiger partial charge in [0.25, 0.3) is 0 Å². The van der Waals surface area contributed by atoms with E-state index in [-0.39, 0.29) is 0 Å². The summed E-state index contributed by atoms with van der Waals surface area (Å²) in [6.07, 6.45) is 4.11. The van der Waals surface area contributed by atoms with Crippen molar-refractivity contribution in [2.24, 2.45) is 0 Å². The van der Waals surface area contributed by atoms with Crippen molar-refractivity contribution in [3.63, 3.8) is 0 Å². The summed E-state index contributed by atoms with van der Waals surface area (Å²) < 4.78 is 0. The maximum absolute atomic E-state index is 2.63. The van der Waals surface area contributed by atoms with Crippen LogP contribution in [-0.4, -0.2) is 18.0 Å². The maximum Gasteiger partial charge on any atom is 0.0236 e. The Bertz CT molecular complexity index is 857. The normalized spacial score (nSPS) is 16.3. The van der Waals surface area contributed by atoms with E-state index < -0.39 is 0 Å². The molecule has 1 aliphatic heterocycles. The molecular formula is C22H25N. The second-order valence-electron chi connectivity index (χ2n) is 7.00. The SMILES string of the molecule is Cc1c(CN2CCCCC2)cc2c(ccc3ccccc32)c1C. The number of likely N-dealkylation sites (tertiary alicyclic amines) is 1.